The van der Waals surface area contributed by atoms with Crippen LogP contribution in [0.4, 0.5) is 10.1 Å². The molecule has 0 spiro atoms. The highest BCUT2D eigenvalue weighted by Gasteiger charge is 2.07. The van der Waals surface area contributed by atoms with Crippen molar-refractivity contribution in [3.63, 3.8) is 0 Å². The van der Waals surface area contributed by atoms with Gasteiger partial charge in [-0.1, -0.05) is 48.5 Å². The first-order valence-corrected chi connectivity index (χ1v) is 7.04. The molecular formula is C19H16FNO. The van der Waals surface area contributed by atoms with Gasteiger partial charge in [0.2, 0.25) is 0 Å². The average molecular weight is 293 g/mol. The summed E-state index contributed by atoms with van der Waals surface area (Å²) in [6, 6.07) is 21.8. The van der Waals surface area contributed by atoms with Crippen molar-refractivity contribution >= 4 is 5.69 Å². The van der Waals surface area contributed by atoms with E-state index in [2.05, 4.69) is 0 Å². The molecule has 0 saturated heterocycles. The largest absolute Gasteiger partial charge is 0.489 e. The molecule has 0 aliphatic carbocycles. The van der Waals surface area contributed by atoms with E-state index >= 15 is 0 Å². The lowest BCUT2D eigenvalue weighted by Gasteiger charge is -2.10. The fraction of sp³-hybridized carbons (Fsp3) is 0.0526. The Hall–Kier alpha value is -2.81. The van der Waals surface area contributed by atoms with Crippen molar-refractivity contribution in [2.24, 2.45) is 0 Å². The maximum absolute atomic E-state index is 13.9. The Morgan fingerprint density at radius 2 is 1.59 bits per heavy atom. The van der Waals surface area contributed by atoms with E-state index < -0.39 is 0 Å². The summed E-state index contributed by atoms with van der Waals surface area (Å²) in [5.41, 5.74) is 8.75. The lowest BCUT2D eigenvalue weighted by Crippen LogP contribution is -1.97. The predicted octanol–water partition coefficient (Wildman–Crippen LogP) is 4.65. The van der Waals surface area contributed by atoms with Crippen molar-refractivity contribution in [3.8, 4) is 16.9 Å². The van der Waals surface area contributed by atoms with E-state index in [4.69, 9.17) is 10.5 Å². The molecule has 0 fully saturated rings. The van der Waals surface area contributed by atoms with Gasteiger partial charge in [-0.3, -0.25) is 0 Å². The third-order valence-corrected chi connectivity index (χ3v) is 3.36. The summed E-state index contributed by atoms with van der Waals surface area (Å²) in [7, 11) is 0. The molecule has 0 aliphatic heterocycles. The van der Waals surface area contributed by atoms with Crippen molar-refractivity contribution in [2.45, 2.75) is 6.61 Å². The van der Waals surface area contributed by atoms with Gasteiger partial charge in [-0.05, 0) is 29.3 Å². The van der Waals surface area contributed by atoms with Crippen molar-refractivity contribution < 1.29 is 9.13 Å². The van der Waals surface area contributed by atoms with Crippen LogP contribution in [0.5, 0.6) is 5.75 Å². The van der Waals surface area contributed by atoms with Gasteiger partial charge in [0.15, 0.2) is 0 Å². The topological polar surface area (TPSA) is 35.2 Å². The Kier molecular flexibility index (Phi) is 4.05. The predicted molar refractivity (Wildman–Crippen MR) is 87.0 cm³/mol. The van der Waals surface area contributed by atoms with E-state index in [0.29, 0.717) is 29.2 Å². The molecule has 0 bridgehead atoms. The van der Waals surface area contributed by atoms with Crippen LogP contribution in [0.25, 0.3) is 11.1 Å². The summed E-state index contributed by atoms with van der Waals surface area (Å²) < 4.78 is 19.7. The Labute approximate surface area is 129 Å². The Morgan fingerprint density at radius 3 is 2.36 bits per heavy atom. The third kappa shape index (κ3) is 3.26. The Bertz CT molecular complexity index is 771. The van der Waals surface area contributed by atoms with Crippen LogP contribution in [0.3, 0.4) is 0 Å². The lowest BCUT2D eigenvalue weighted by molar-refractivity contribution is 0.306. The van der Waals surface area contributed by atoms with Gasteiger partial charge < -0.3 is 10.5 Å². The molecule has 0 amide bonds. The van der Waals surface area contributed by atoms with Crippen molar-refractivity contribution in [3.05, 3.63) is 84.2 Å². The van der Waals surface area contributed by atoms with E-state index in [9.17, 15) is 4.39 Å². The second-order valence-corrected chi connectivity index (χ2v) is 5.04. The molecule has 0 aromatic heterocycles. The monoisotopic (exact) mass is 293 g/mol. The minimum Gasteiger partial charge on any atom is -0.489 e. The molecule has 0 unspecified atom stereocenters. The second kappa shape index (κ2) is 6.31. The summed E-state index contributed by atoms with van der Waals surface area (Å²) in [4.78, 5) is 0. The second-order valence-electron chi connectivity index (χ2n) is 5.04. The minimum absolute atomic E-state index is 0.276. The third-order valence-electron chi connectivity index (χ3n) is 3.36. The molecule has 3 aromatic rings. The zero-order valence-electron chi connectivity index (χ0n) is 12.0. The highest BCUT2D eigenvalue weighted by Crippen LogP contribution is 2.29. The summed E-state index contributed by atoms with van der Waals surface area (Å²) in [5.74, 6) is 0.351. The van der Waals surface area contributed by atoms with Gasteiger partial charge in [-0.15, -0.1) is 0 Å². The molecule has 0 aliphatic rings. The summed E-state index contributed by atoms with van der Waals surface area (Å²) in [6.07, 6.45) is 0. The number of ether oxygens (including phenoxy) is 1. The standard InChI is InChI=1S/C19H16FNO/c20-19-9-5-4-8-18(19)15-10-16(21)12-17(11-15)22-13-14-6-2-1-3-7-14/h1-12H,13,21H2. The van der Waals surface area contributed by atoms with Gasteiger partial charge in [0.05, 0.1) is 0 Å². The van der Waals surface area contributed by atoms with Crippen LogP contribution < -0.4 is 10.5 Å². The first-order chi connectivity index (χ1) is 10.7. The van der Waals surface area contributed by atoms with Gasteiger partial charge in [-0.2, -0.15) is 0 Å². The van der Waals surface area contributed by atoms with Crippen LogP contribution >= 0.6 is 0 Å². The fourth-order valence-corrected chi connectivity index (χ4v) is 2.30. The maximum atomic E-state index is 13.9. The highest BCUT2D eigenvalue weighted by atomic mass is 19.1. The normalized spacial score (nSPS) is 10.4. The van der Waals surface area contributed by atoms with Crippen LogP contribution in [0, 0.1) is 5.82 Å². The van der Waals surface area contributed by atoms with E-state index in [-0.39, 0.29) is 5.82 Å². The van der Waals surface area contributed by atoms with Crippen LogP contribution in [0.2, 0.25) is 0 Å². The average Bonchev–Trinajstić information content (AvgIpc) is 2.54. The van der Waals surface area contributed by atoms with Crippen LogP contribution in [-0.4, -0.2) is 0 Å². The molecule has 0 heterocycles. The van der Waals surface area contributed by atoms with Gasteiger partial charge >= 0.3 is 0 Å². The number of nitrogen functional groups attached to an aromatic ring is 1. The molecule has 3 heteroatoms. The SMILES string of the molecule is Nc1cc(OCc2ccccc2)cc(-c2ccccc2F)c1. The number of hydrogen-bond acceptors (Lipinski definition) is 2. The van der Waals surface area contributed by atoms with E-state index in [1.54, 1.807) is 36.4 Å². The van der Waals surface area contributed by atoms with E-state index in [1.165, 1.54) is 6.07 Å². The number of nitrogens with two attached hydrogens (primary N) is 1. The molecular weight excluding hydrogens is 277 g/mol. The van der Waals surface area contributed by atoms with Gasteiger partial charge in [-0.25, -0.2) is 4.39 Å². The number of hydrogen-bond donors (Lipinski definition) is 1. The smallest absolute Gasteiger partial charge is 0.131 e. The molecule has 0 radical (unpaired) electrons. The lowest BCUT2D eigenvalue weighted by atomic mass is 10.0. The molecule has 110 valence electrons. The summed E-state index contributed by atoms with van der Waals surface area (Å²) in [5, 5.41) is 0. The van der Waals surface area contributed by atoms with E-state index in [0.717, 1.165) is 5.56 Å². The van der Waals surface area contributed by atoms with Crippen molar-refractivity contribution in [1.29, 1.82) is 0 Å². The number of anilines is 1. The molecule has 3 rings (SSSR count). The number of halogens is 1. The summed E-state index contributed by atoms with van der Waals surface area (Å²) >= 11 is 0. The van der Waals surface area contributed by atoms with Crippen LogP contribution in [0.15, 0.2) is 72.8 Å². The van der Waals surface area contributed by atoms with Crippen LogP contribution in [0.1, 0.15) is 5.56 Å². The summed E-state index contributed by atoms with van der Waals surface area (Å²) in [6.45, 7) is 0.445. The first kappa shape index (κ1) is 14.1. The quantitative estimate of drug-likeness (QED) is 0.710. The molecule has 3 aromatic carbocycles. The molecule has 2 N–H and O–H groups in total. The maximum Gasteiger partial charge on any atom is 0.131 e. The van der Waals surface area contributed by atoms with Gasteiger partial charge in [0, 0.05) is 17.3 Å². The zero-order chi connectivity index (χ0) is 15.4. The number of rotatable bonds is 4. The van der Waals surface area contributed by atoms with Crippen LogP contribution in [-0.2, 0) is 6.61 Å². The molecule has 0 saturated carbocycles. The molecule has 2 nitrogen and oxygen atoms in total. The molecule has 0 atom stereocenters. The first-order valence-electron chi connectivity index (χ1n) is 7.04. The number of benzene rings is 3. The highest BCUT2D eigenvalue weighted by molar-refractivity contribution is 5.70. The van der Waals surface area contributed by atoms with Gasteiger partial charge in [0.1, 0.15) is 18.2 Å². The van der Waals surface area contributed by atoms with Gasteiger partial charge in [0.25, 0.3) is 0 Å². The Morgan fingerprint density at radius 1 is 0.864 bits per heavy atom. The fourth-order valence-electron chi connectivity index (χ4n) is 2.30. The molecule has 22 heavy (non-hydrogen) atoms. The Balaban J connectivity index is 1.86. The van der Waals surface area contributed by atoms with Crippen molar-refractivity contribution in [2.75, 3.05) is 5.73 Å². The zero-order valence-corrected chi connectivity index (χ0v) is 12.0. The minimum atomic E-state index is -0.276. The van der Waals surface area contributed by atoms with Crippen molar-refractivity contribution in [1.82, 2.24) is 0 Å². The van der Waals surface area contributed by atoms with E-state index in [1.807, 2.05) is 30.3 Å².